The fourth-order valence-electron chi connectivity index (χ4n) is 2.26. The van der Waals surface area contributed by atoms with Crippen LogP contribution in [0.25, 0.3) is 22.3 Å². The molecule has 0 saturated carbocycles. The quantitative estimate of drug-likeness (QED) is 0.606. The number of nitrogens with zero attached hydrogens (tertiary/aromatic N) is 2. The van der Waals surface area contributed by atoms with Crippen LogP contribution in [-0.2, 0) is 0 Å². The van der Waals surface area contributed by atoms with Crippen LogP contribution < -0.4 is 0 Å². The second-order valence-electron chi connectivity index (χ2n) is 4.77. The molecular formula is C16H12ClFN2. The lowest BCUT2D eigenvalue weighted by Crippen LogP contribution is -1.95. The van der Waals surface area contributed by atoms with Crippen LogP contribution in [0.4, 0.5) is 4.39 Å². The molecule has 2 nitrogen and oxygen atoms in total. The van der Waals surface area contributed by atoms with E-state index >= 15 is 0 Å². The van der Waals surface area contributed by atoms with Gasteiger partial charge in [0.25, 0.3) is 0 Å². The largest absolute Gasteiger partial charge is 0.228 e. The molecular weight excluding hydrogens is 275 g/mol. The number of hydrogen-bond donors (Lipinski definition) is 0. The SMILES string of the molecule is Cc1ccc(F)cc1-c1nc(Cl)c2c(C)cccc2n1. The lowest BCUT2D eigenvalue weighted by atomic mass is 10.1. The molecule has 1 heterocycles. The van der Waals surface area contributed by atoms with Gasteiger partial charge in [0.2, 0.25) is 0 Å². The normalized spacial score (nSPS) is 11.0. The molecule has 0 aliphatic heterocycles. The molecule has 0 atom stereocenters. The van der Waals surface area contributed by atoms with Crippen molar-refractivity contribution in [2.45, 2.75) is 13.8 Å². The Morgan fingerprint density at radius 2 is 1.80 bits per heavy atom. The van der Waals surface area contributed by atoms with E-state index in [1.165, 1.54) is 12.1 Å². The maximum atomic E-state index is 13.4. The molecule has 2 aromatic carbocycles. The summed E-state index contributed by atoms with van der Waals surface area (Å²) >= 11 is 6.26. The number of fused-ring (bicyclic) bond motifs is 1. The minimum absolute atomic E-state index is 0.310. The van der Waals surface area contributed by atoms with Crippen LogP contribution >= 0.6 is 11.6 Å². The Labute approximate surface area is 121 Å². The van der Waals surface area contributed by atoms with Crippen LogP contribution in [0.2, 0.25) is 5.15 Å². The van der Waals surface area contributed by atoms with Crippen molar-refractivity contribution in [3.8, 4) is 11.4 Å². The van der Waals surface area contributed by atoms with Crippen molar-refractivity contribution >= 4 is 22.5 Å². The van der Waals surface area contributed by atoms with Crippen LogP contribution in [0.15, 0.2) is 36.4 Å². The summed E-state index contributed by atoms with van der Waals surface area (Å²) in [7, 11) is 0. The molecule has 20 heavy (non-hydrogen) atoms. The third-order valence-electron chi connectivity index (χ3n) is 3.33. The van der Waals surface area contributed by atoms with Crippen molar-refractivity contribution in [3.63, 3.8) is 0 Å². The molecule has 0 radical (unpaired) electrons. The molecule has 3 aromatic rings. The first-order valence-electron chi connectivity index (χ1n) is 6.25. The Morgan fingerprint density at radius 1 is 1.00 bits per heavy atom. The fraction of sp³-hybridized carbons (Fsp3) is 0.125. The summed E-state index contributed by atoms with van der Waals surface area (Å²) in [5.41, 5.74) is 3.36. The van der Waals surface area contributed by atoms with Crippen LogP contribution in [-0.4, -0.2) is 9.97 Å². The van der Waals surface area contributed by atoms with Gasteiger partial charge in [0, 0.05) is 10.9 Å². The van der Waals surface area contributed by atoms with E-state index in [9.17, 15) is 4.39 Å². The van der Waals surface area contributed by atoms with Gasteiger partial charge in [0.15, 0.2) is 5.82 Å². The Kier molecular flexibility index (Phi) is 3.14. The Hall–Kier alpha value is -2.00. The molecule has 4 heteroatoms. The topological polar surface area (TPSA) is 25.8 Å². The third kappa shape index (κ3) is 2.14. The molecule has 0 N–H and O–H groups in total. The van der Waals surface area contributed by atoms with Gasteiger partial charge in [-0.15, -0.1) is 0 Å². The number of aromatic nitrogens is 2. The first kappa shape index (κ1) is 13.0. The molecule has 0 unspecified atom stereocenters. The van der Waals surface area contributed by atoms with Crippen LogP contribution in [0.3, 0.4) is 0 Å². The highest BCUT2D eigenvalue weighted by atomic mass is 35.5. The van der Waals surface area contributed by atoms with Gasteiger partial charge in [-0.05, 0) is 43.2 Å². The average Bonchev–Trinajstić information content (AvgIpc) is 2.41. The van der Waals surface area contributed by atoms with E-state index in [4.69, 9.17) is 11.6 Å². The van der Waals surface area contributed by atoms with E-state index < -0.39 is 0 Å². The summed E-state index contributed by atoms with van der Waals surface area (Å²) in [5, 5.41) is 1.23. The highest BCUT2D eigenvalue weighted by Crippen LogP contribution is 2.28. The first-order valence-corrected chi connectivity index (χ1v) is 6.63. The second kappa shape index (κ2) is 4.84. The molecule has 0 bridgehead atoms. The van der Waals surface area contributed by atoms with Crippen molar-refractivity contribution in [2.24, 2.45) is 0 Å². The summed E-state index contributed by atoms with van der Waals surface area (Å²) in [4.78, 5) is 8.83. The number of halogens is 2. The highest BCUT2D eigenvalue weighted by molar-refractivity contribution is 6.34. The van der Waals surface area contributed by atoms with Crippen LogP contribution in [0.5, 0.6) is 0 Å². The summed E-state index contributed by atoms with van der Waals surface area (Å²) < 4.78 is 13.4. The minimum atomic E-state index is -0.310. The number of benzene rings is 2. The predicted octanol–water partition coefficient (Wildman–Crippen LogP) is 4.71. The maximum absolute atomic E-state index is 13.4. The van der Waals surface area contributed by atoms with Crippen LogP contribution in [0, 0.1) is 19.7 Å². The van der Waals surface area contributed by atoms with Gasteiger partial charge >= 0.3 is 0 Å². The van der Waals surface area contributed by atoms with Crippen molar-refractivity contribution in [1.82, 2.24) is 9.97 Å². The standard InChI is InChI=1S/C16H12ClFN2/c1-9-6-7-11(18)8-12(9)16-19-13-5-3-4-10(2)14(13)15(17)20-16/h3-8H,1-2H3. The van der Waals surface area contributed by atoms with Crippen LogP contribution in [0.1, 0.15) is 11.1 Å². The van der Waals surface area contributed by atoms with E-state index in [1.54, 1.807) is 6.07 Å². The zero-order chi connectivity index (χ0) is 14.3. The molecule has 0 aliphatic rings. The van der Waals surface area contributed by atoms with E-state index in [1.807, 2.05) is 32.0 Å². The highest BCUT2D eigenvalue weighted by Gasteiger charge is 2.12. The van der Waals surface area contributed by atoms with Gasteiger partial charge in [-0.1, -0.05) is 29.8 Å². The molecule has 1 aromatic heterocycles. The van der Waals surface area contributed by atoms with E-state index in [0.29, 0.717) is 16.5 Å². The van der Waals surface area contributed by atoms with Crippen molar-refractivity contribution in [2.75, 3.05) is 0 Å². The lowest BCUT2D eigenvalue weighted by molar-refractivity contribution is 0.628. The monoisotopic (exact) mass is 286 g/mol. The molecule has 0 saturated heterocycles. The summed E-state index contributed by atoms with van der Waals surface area (Å²) in [6.45, 7) is 3.86. The van der Waals surface area contributed by atoms with Gasteiger partial charge in [0.05, 0.1) is 5.52 Å². The molecule has 0 spiro atoms. The van der Waals surface area contributed by atoms with Gasteiger partial charge in [-0.2, -0.15) is 0 Å². The van der Waals surface area contributed by atoms with E-state index in [0.717, 1.165) is 22.0 Å². The lowest BCUT2D eigenvalue weighted by Gasteiger charge is -2.08. The molecule has 0 amide bonds. The van der Waals surface area contributed by atoms with Gasteiger partial charge in [0.1, 0.15) is 11.0 Å². The van der Waals surface area contributed by atoms with E-state index in [2.05, 4.69) is 9.97 Å². The zero-order valence-electron chi connectivity index (χ0n) is 11.1. The van der Waals surface area contributed by atoms with Gasteiger partial charge < -0.3 is 0 Å². The van der Waals surface area contributed by atoms with Crippen molar-refractivity contribution < 1.29 is 4.39 Å². The zero-order valence-corrected chi connectivity index (χ0v) is 11.9. The van der Waals surface area contributed by atoms with Gasteiger partial charge in [-0.25, -0.2) is 14.4 Å². The summed E-state index contributed by atoms with van der Waals surface area (Å²) in [6.07, 6.45) is 0. The Morgan fingerprint density at radius 3 is 2.60 bits per heavy atom. The smallest absolute Gasteiger partial charge is 0.161 e. The Bertz CT molecular complexity index is 815. The van der Waals surface area contributed by atoms with Crippen molar-refractivity contribution in [3.05, 3.63) is 58.5 Å². The number of hydrogen-bond acceptors (Lipinski definition) is 2. The first-order chi connectivity index (χ1) is 9.56. The summed E-state index contributed by atoms with van der Waals surface area (Å²) in [6, 6.07) is 10.3. The second-order valence-corrected chi connectivity index (χ2v) is 5.12. The maximum Gasteiger partial charge on any atom is 0.161 e. The molecule has 100 valence electrons. The molecule has 3 rings (SSSR count). The van der Waals surface area contributed by atoms with E-state index in [-0.39, 0.29) is 5.82 Å². The molecule has 0 aliphatic carbocycles. The van der Waals surface area contributed by atoms with Gasteiger partial charge in [-0.3, -0.25) is 0 Å². The fourth-order valence-corrected chi connectivity index (χ4v) is 2.58. The molecule has 0 fully saturated rings. The predicted molar refractivity (Wildman–Crippen MR) is 79.4 cm³/mol. The Balaban J connectivity index is 2.30. The minimum Gasteiger partial charge on any atom is -0.228 e. The third-order valence-corrected chi connectivity index (χ3v) is 3.60. The number of rotatable bonds is 1. The number of aryl methyl sites for hydroxylation is 2. The average molecular weight is 287 g/mol. The van der Waals surface area contributed by atoms with Crippen molar-refractivity contribution in [1.29, 1.82) is 0 Å². The summed E-state index contributed by atoms with van der Waals surface area (Å²) in [5.74, 6) is 0.139.